The third-order valence-electron chi connectivity index (χ3n) is 2.41. The molecule has 1 unspecified atom stereocenters. The summed E-state index contributed by atoms with van der Waals surface area (Å²) in [4.78, 5) is 22.0. The number of hydrogen-bond donors (Lipinski definition) is 3. The first-order valence-corrected chi connectivity index (χ1v) is 5.55. The van der Waals surface area contributed by atoms with E-state index in [1.807, 2.05) is 0 Å². The summed E-state index contributed by atoms with van der Waals surface area (Å²) in [5, 5.41) is 2.53. The largest absolute Gasteiger partial charge is 0.370 e. The molecule has 0 aliphatic rings. The average molecular weight is 290 g/mol. The van der Waals surface area contributed by atoms with E-state index in [2.05, 4.69) is 5.32 Å². The van der Waals surface area contributed by atoms with Crippen molar-refractivity contribution in [1.82, 2.24) is 5.32 Å². The van der Waals surface area contributed by atoms with Crippen LogP contribution in [0.3, 0.4) is 0 Å². The van der Waals surface area contributed by atoms with Gasteiger partial charge >= 0.3 is 0 Å². The lowest BCUT2D eigenvalue weighted by molar-refractivity contribution is -0.126. The average Bonchev–Trinajstić information content (AvgIpc) is 2.30. The zero-order valence-corrected chi connectivity index (χ0v) is 11.1. The first-order valence-electron chi connectivity index (χ1n) is 5.55. The Morgan fingerprint density at radius 3 is 2.53 bits per heavy atom. The zero-order valence-electron chi connectivity index (χ0n) is 10.3. The highest BCUT2D eigenvalue weighted by Gasteiger charge is 2.15. The Morgan fingerprint density at radius 2 is 1.95 bits per heavy atom. The molecule has 106 valence electrons. The number of hydrogen-bond acceptors (Lipinski definition) is 3. The fraction of sp³-hybridized carbons (Fsp3) is 0.333. The maximum absolute atomic E-state index is 13.2. The highest BCUT2D eigenvalue weighted by Crippen LogP contribution is 2.06. The van der Waals surface area contributed by atoms with E-state index >= 15 is 0 Å². The SMILES string of the molecule is Cl.NC(=O)CC(N)C(=O)NCCc1ccccc1F. The molecule has 0 saturated carbocycles. The van der Waals surface area contributed by atoms with Crippen LogP contribution < -0.4 is 16.8 Å². The van der Waals surface area contributed by atoms with Crippen molar-refractivity contribution in [1.29, 1.82) is 0 Å². The molecule has 0 aromatic heterocycles. The summed E-state index contributed by atoms with van der Waals surface area (Å²) in [7, 11) is 0. The van der Waals surface area contributed by atoms with Gasteiger partial charge in [0.1, 0.15) is 5.82 Å². The number of halogens is 2. The molecule has 0 fully saturated rings. The molecule has 0 spiro atoms. The Labute approximate surface area is 116 Å². The van der Waals surface area contributed by atoms with Gasteiger partial charge in [-0.2, -0.15) is 0 Å². The molecule has 19 heavy (non-hydrogen) atoms. The number of nitrogens with one attached hydrogen (secondary N) is 1. The molecule has 5 nitrogen and oxygen atoms in total. The van der Waals surface area contributed by atoms with Gasteiger partial charge in [-0.15, -0.1) is 12.4 Å². The number of carbonyl (C=O) groups is 2. The predicted molar refractivity (Wildman–Crippen MR) is 72.1 cm³/mol. The molecule has 1 aromatic rings. The minimum Gasteiger partial charge on any atom is -0.370 e. The van der Waals surface area contributed by atoms with Crippen LogP contribution in [-0.4, -0.2) is 24.4 Å². The van der Waals surface area contributed by atoms with Crippen molar-refractivity contribution in [2.75, 3.05) is 6.54 Å². The van der Waals surface area contributed by atoms with Crippen molar-refractivity contribution >= 4 is 24.2 Å². The fourth-order valence-electron chi connectivity index (χ4n) is 1.46. The van der Waals surface area contributed by atoms with Crippen LogP contribution in [0.25, 0.3) is 0 Å². The first kappa shape index (κ1) is 17.3. The van der Waals surface area contributed by atoms with Gasteiger partial charge in [-0.25, -0.2) is 4.39 Å². The lowest BCUT2D eigenvalue weighted by atomic mass is 10.1. The van der Waals surface area contributed by atoms with Crippen molar-refractivity contribution in [2.24, 2.45) is 11.5 Å². The molecular weight excluding hydrogens is 273 g/mol. The highest BCUT2D eigenvalue weighted by atomic mass is 35.5. The standard InChI is InChI=1S/C12H16FN3O2.ClH/c13-9-4-2-1-3-8(9)5-6-16-12(18)10(14)7-11(15)17;/h1-4,10H,5-7,14H2,(H2,15,17)(H,16,18);1H. The number of benzene rings is 1. The van der Waals surface area contributed by atoms with Crippen LogP contribution in [0.5, 0.6) is 0 Å². The summed E-state index contributed by atoms with van der Waals surface area (Å²) in [5.74, 6) is -1.41. The molecule has 5 N–H and O–H groups in total. The quantitative estimate of drug-likeness (QED) is 0.693. The van der Waals surface area contributed by atoms with Crippen molar-refractivity contribution in [2.45, 2.75) is 18.9 Å². The molecule has 0 bridgehead atoms. The van der Waals surface area contributed by atoms with E-state index in [0.717, 1.165) is 0 Å². The smallest absolute Gasteiger partial charge is 0.237 e. The van der Waals surface area contributed by atoms with Crippen LogP contribution in [0, 0.1) is 5.82 Å². The number of carbonyl (C=O) groups excluding carboxylic acids is 2. The monoisotopic (exact) mass is 289 g/mol. The topological polar surface area (TPSA) is 98.2 Å². The minimum absolute atomic E-state index is 0. The van der Waals surface area contributed by atoms with Crippen LogP contribution in [0.1, 0.15) is 12.0 Å². The van der Waals surface area contributed by atoms with Crippen LogP contribution in [0.15, 0.2) is 24.3 Å². The van der Waals surface area contributed by atoms with Gasteiger partial charge in [-0.3, -0.25) is 9.59 Å². The Bertz CT molecular complexity index is 443. The van der Waals surface area contributed by atoms with Crippen LogP contribution in [-0.2, 0) is 16.0 Å². The molecule has 1 rings (SSSR count). The molecule has 0 aliphatic heterocycles. The van der Waals surface area contributed by atoms with E-state index < -0.39 is 17.9 Å². The Kier molecular flexibility index (Phi) is 7.71. The summed E-state index contributed by atoms with van der Waals surface area (Å²) in [5.41, 5.74) is 10.9. The summed E-state index contributed by atoms with van der Waals surface area (Å²) in [6.07, 6.45) is 0.160. The Morgan fingerprint density at radius 1 is 1.32 bits per heavy atom. The normalized spacial score (nSPS) is 11.3. The lowest BCUT2D eigenvalue weighted by Gasteiger charge is -2.10. The van der Waals surface area contributed by atoms with E-state index in [-0.39, 0.29) is 31.2 Å². The highest BCUT2D eigenvalue weighted by molar-refractivity contribution is 5.87. The first-order chi connectivity index (χ1) is 8.50. The second-order valence-electron chi connectivity index (χ2n) is 3.91. The van der Waals surface area contributed by atoms with Gasteiger partial charge in [0, 0.05) is 6.54 Å². The number of primary amides is 1. The van der Waals surface area contributed by atoms with E-state index in [9.17, 15) is 14.0 Å². The maximum atomic E-state index is 13.2. The number of amides is 2. The second kappa shape index (κ2) is 8.44. The second-order valence-corrected chi connectivity index (χ2v) is 3.91. The third-order valence-corrected chi connectivity index (χ3v) is 2.41. The van der Waals surface area contributed by atoms with Gasteiger partial charge in [0.2, 0.25) is 11.8 Å². The molecule has 0 aliphatic carbocycles. The van der Waals surface area contributed by atoms with Crippen LogP contribution >= 0.6 is 12.4 Å². The number of nitrogens with two attached hydrogens (primary N) is 2. The van der Waals surface area contributed by atoms with Gasteiger partial charge in [0.25, 0.3) is 0 Å². The molecule has 1 aromatic carbocycles. The van der Waals surface area contributed by atoms with Gasteiger partial charge in [-0.1, -0.05) is 18.2 Å². The zero-order chi connectivity index (χ0) is 13.5. The van der Waals surface area contributed by atoms with Crippen LogP contribution in [0.4, 0.5) is 4.39 Å². The van der Waals surface area contributed by atoms with E-state index in [1.54, 1.807) is 18.2 Å². The van der Waals surface area contributed by atoms with Crippen molar-refractivity contribution in [3.63, 3.8) is 0 Å². The fourth-order valence-corrected chi connectivity index (χ4v) is 1.46. The van der Waals surface area contributed by atoms with Crippen molar-refractivity contribution in [3.8, 4) is 0 Å². The maximum Gasteiger partial charge on any atom is 0.237 e. The van der Waals surface area contributed by atoms with Crippen molar-refractivity contribution < 1.29 is 14.0 Å². The Hall–Kier alpha value is -1.66. The van der Waals surface area contributed by atoms with Gasteiger partial charge in [-0.05, 0) is 18.1 Å². The van der Waals surface area contributed by atoms with Gasteiger partial charge in [0.15, 0.2) is 0 Å². The molecule has 1 atom stereocenters. The summed E-state index contributed by atoms with van der Waals surface area (Å²) < 4.78 is 13.2. The molecular formula is C12H17ClFN3O2. The lowest BCUT2D eigenvalue weighted by Crippen LogP contribution is -2.43. The predicted octanol–water partition coefficient (Wildman–Crippen LogP) is 0.109. The van der Waals surface area contributed by atoms with Crippen molar-refractivity contribution in [3.05, 3.63) is 35.6 Å². The van der Waals surface area contributed by atoms with Gasteiger partial charge in [0.05, 0.1) is 12.5 Å². The summed E-state index contributed by atoms with van der Waals surface area (Å²) >= 11 is 0. The van der Waals surface area contributed by atoms with E-state index in [4.69, 9.17) is 11.5 Å². The Balaban J connectivity index is 0.00000324. The molecule has 0 heterocycles. The number of rotatable bonds is 6. The van der Waals surface area contributed by atoms with Crippen LogP contribution in [0.2, 0.25) is 0 Å². The molecule has 7 heteroatoms. The molecule has 2 amide bonds. The van der Waals surface area contributed by atoms with E-state index in [0.29, 0.717) is 12.0 Å². The summed E-state index contributed by atoms with van der Waals surface area (Å²) in [6, 6.07) is 5.36. The minimum atomic E-state index is -0.955. The molecule has 0 saturated heterocycles. The molecule has 0 radical (unpaired) electrons. The third kappa shape index (κ3) is 6.17. The van der Waals surface area contributed by atoms with Gasteiger partial charge < -0.3 is 16.8 Å². The summed E-state index contributed by atoms with van der Waals surface area (Å²) in [6.45, 7) is 0.256. The van der Waals surface area contributed by atoms with E-state index in [1.165, 1.54) is 6.07 Å².